The van der Waals surface area contributed by atoms with Crippen molar-refractivity contribution < 1.29 is 14.3 Å². The second-order valence-corrected chi connectivity index (χ2v) is 11.3. The molecule has 1 N–H and O–H groups in total. The first-order valence-corrected chi connectivity index (χ1v) is 14.2. The number of hydrogen-bond donors (Lipinski definition) is 1. The third-order valence-corrected chi connectivity index (χ3v) is 8.29. The van der Waals surface area contributed by atoms with E-state index in [9.17, 15) is 4.79 Å². The van der Waals surface area contributed by atoms with Gasteiger partial charge in [-0.05, 0) is 41.8 Å². The molecule has 37 heavy (non-hydrogen) atoms. The van der Waals surface area contributed by atoms with Gasteiger partial charge < -0.3 is 9.47 Å². The summed E-state index contributed by atoms with van der Waals surface area (Å²) in [5.74, 6) is 2.03. The molecule has 0 aliphatic heterocycles. The molecular weight excluding hydrogens is 525 g/mol. The van der Waals surface area contributed by atoms with Crippen molar-refractivity contribution in [2.45, 2.75) is 28.0 Å². The van der Waals surface area contributed by atoms with Crippen molar-refractivity contribution >= 4 is 47.0 Å². The zero-order chi connectivity index (χ0) is 25.9. The van der Waals surface area contributed by atoms with Crippen molar-refractivity contribution in [3.8, 4) is 11.5 Å². The standard InChI is InChI=1S/C27H26N4O3S3/c1-19-8-10-21(11-9-19)17-35-26-30-31-27(37-26)36-18-25(32)29-28-15-22-12-13-23(33-2)24(14-22)34-16-20-6-4-3-5-7-20/h3-15H,16-18H2,1-2H3,(H,29,32)/b28-15-. The Bertz CT molecular complexity index is 1330. The van der Waals surface area contributed by atoms with Gasteiger partial charge >= 0.3 is 0 Å². The predicted octanol–water partition coefficient (Wildman–Crippen LogP) is 5.97. The average molecular weight is 551 g/mol. The Balaban J connectivity index is 1.23. The molecule has 4 aromatic rings. The van der Waals surface area contributed by atoms with Crippen LogP contribution >= 0.6 is 34.9 Å². The number of ether oxygens (including phenoxy) is 2. The van der Waals surface area contributed by atoms with E-state index < -0.39 is 0 Å². The largest absolute Gasteiger partial charge is 0.493 e. The van der Waals surface area contributed by atoms with Gasteiger partial charge in [0.05, 0.1) is 19.1 Å². The van der Waals surface area contributed by atoms with Crippen LogP contribution < -0.4 is 14.9 Å². The number of nitrogens with one attached hydrogen (secondary N) is 1. The molecule has 0 unspecified atom stereocenters. The summed E-state index contributed by atoms with van der Waals surface area (Å²) in [6.45, 7) is 2.49. The Hall–Kier alpha value is -3.34. The van der Waals surface area contributed by atoms with E-state index in [4.69, 9.17) is 9.47 Å². The molecule has 1 aromatic heterocycles. The molecule has 7 nitrogen and oxygen atoms in total. The summed E-state index contributed by atoms with van der Waals surface area (Å²) in [7, 11) is 1.60. The van der Waals surface area contributed by atoms with E-state index in [1.807, 2.05) is 48.5 Å². The number of benzene rings is 3. The zero-order valence-corrected chi connectivity index (χ0v) is 22.9. The van der Waals surface area contributed by atoms with Gasteiger partial charge in [0.1, 0.15) is 6.61 Å². The number of thioether (sulfide) groups is 2. The summed E-state index contributed by atoms with van der Waals surface area (Å²) in [5, 5.41) is 12.5. The van der Waals surface area contributed by atoms with Crippen LogP contribution in [0.5, 0.6) is 11.5 Å². The molecule has 0 saturated heterocycles. The van der Waals surface area contributed by atoms with Crippen LogP contribution in [0.3, 0.4) is 0 Å². The number of hydrogen-bond acceptors (Lipinski definition) is 9. The summed E-state index contributed by atoms with van der Waals surface area (Å²) < 4.78 is 13.0. The van der Waals surface area contributed by atoms with Crippen LogP contribution in [-0.4, -0.2) is 35.2 Å². The fraction of sp³-hybridized carbons (Fsp3) is 0.185. The molecule has 0 atom stereocenters. The van der Waals surface area contributed by atoms with Gasteiger partial charge in [-0.1, -0.05) is 95.0 Å². The van der Waals surface area contributed by atoms with Crippen LogP contribution in [0.4, 0.5) is 0 Å². The Morgan fingerprint density at radius 3 is 2.49 bits per heavy atom. The van der Waals surface area contributed by atoms with E-state index in [2.05, 4.69) is 51.9 Å². The third-order valence-electron chi connectivity index (χ3n) is 5.03. The van der Waals surface area contributed by atoms with Crippen LogP contribution in [0.25, 0.3) is 0 Å². The van der Waals surface area contributed by atoms with Crippen molar-refractivity contribution in [2.75, 3.05) is 12.9 Å². The molecule has 0 radical (unpaired) electrons. The minimum Gasteiger partial charge on any atom is -0.493 e. The number of methoxy groups -OCH3 is 1. The predicted molar refractivity (Wildman–Crippen MR) is 151 cm³/mol. The number of rotatable bonds is 12. The normalized spacial score (nSPS) is 11.0. The Morgan fingerprint density at radius 1 is 0.973 bits per heavy atom. The highest BCUT2D eigenvalue weighted by atomic mass is 32.2. The molecule has 1 amide bonds. The van der Waals surface area contributed by atoms with E-state index >= 15 is 0 Å². The molecule has 0 saturated carbocycles. The topological polar surface area (TPSA) is 85.7 Å². The SMILES string of the molecule is COc1ccc(/C=N\NC(=O)CSc2nnc(SCc3ccc(C)cc3)s2)cc1OCc1ccccc1. The van der Waals surface area contributed by atoms with Gasteiger partial charge in [-0.15, -0.1) is 10.2 Å². The molecule has 0 spiro atoms. The molecule has 0 bridgehead atoms. The molecule has 4 rings (SSSR count). The van der Waals surface area contributed by atoms with Crippen LogP contribution in [0.1, 0.15) is 22.3 Å². The molecule has 0 fully saturated rings. The van der Waals surface area contributed by atoms with Gasteiger partial charge in [-0.2, -0.15) is 5.10 Å². The van der Waals surface area contributed by atoms with Gasteiger partial charge in [0.2, 0.25) is 0 Å². The van der Waals surface area contributed by atoms with E-state index in [0.29, 0.717) is 18.1 Å². The van der Waals surface area contributed by atoms with Crippen molar-refractivity contribution in [2.24, 2.45) is 5.10 Å². The summed E-state index contributed by atoms with van der Waals surface area (Å²) >= 11 is 4.47. The maximum atomic E-state index is 12.2. The lowest BCUT2D eigenvalue weighted by Gasteiger charge is -2.11. The van der Waals surface area contributed by atoms with Crippen molar-refractivity contribution in [3.05, 3.63) is 95.1 Å². The Kier molecular flexibility index (Phi) is 9.98. The van der Waals surface area contributed by atoms with Gasteiger partial charge in [-0.25, -0.2) is 5.43 Å². The zero-order valence-electron chi connectivity index (χ0n) is 20.4. The molecule has 0 aliphatic carbocycles. The van der Waals surface area contributed by atoms with Crippen molar-refractivity contribution in [3.63, 3.8) is 0 Å². The Morgan fingerprint density at radius 2 is 1.73 bits per heavy atom. The quantitative estimate of drug-likeness (QED) is 0.132. The van der Waals surface area contributed by atoms with Gasteiger partial charge in [0.25, 0.3) is 5.91 Å². The molecule has 3 aromatic carbocycles. The first-order valence-electron chi connectivity index (χ1n) is 11.4. The van der Waals surface area contributed by atoms with Crippen LogP contribution in [0.2, 0.25) is 0 Å². The molecule has 10 heteroatoms. The highest BCUT2D eigenvalue weighted by molar-refractivity contribution is 8.03. The first kappa shape index (κ1) is 26.7. The lowest BCUT2D eigenvalue weighted by molar-refractivity contribution is -0.118. The highest BCUT2D eigenvalue weighted by Crippen LogP contribution is 2.31. The number of amides is 1. The first-order chi connectivity index (χ1) is 18.1. The maximum absolute atomic E-state index is 12.2. The third kappa shape index (κ3) is 8.63. The van der Waals surface area contributed by atoms with E-state index in [-0.39, 0.29) is 11.7 Å². The van der Waals surface area contributed by atoms with Gasteiger partial charge in [0.15, 0.2) is 20.2 Å². The number of hydrazone groups is 1. The average Bonchev–Trinajstić information content (AvgIpc) is 3.39. The lowest BCUT2D eigenvalue weighted by atomic mass is 10.2. The second kappa shape index (κ2) is 13.8. The molecule has 0 aliphatic rings. The summed E-state index contributed by atoms with van der Waals surface area (Å²) in [4.78, 5) is 12.2. The lowest BCUT2D eigenvalue weighted by Crippen LogP contribution is -2.19. The minimum atomic E-state index is -0.223. The Labute approximate surface area is 228 Å². The maximum Gasteiger partial charge on any atom is 0.250 e. The van der Waals surface area contributed by atoms with E-state index in [1.54, 1.807) is 25.1 Å². The number of carbonyl (C=O) groups is 1. The van der Waals surface area contributed by atoms with Crippen LogP contribution in [-0.2, 0) is 17.2 Å². The highest BCUT2D eigenvalue weighted by Gasteiger charge is 2.09. The van der Waals surface area contributed by atoms with Gasteiger partial charge in [0, 0.05) is 5.75 Å². The van der Waals surface area contributed by atoms with E-state index in [0.717, 1.165) is 25.6 Å². The van der Waals surface area contributed by atoms with Crippen LogP contribution in [0, 0.1) is 6.92 Å². The molecule has 1 heterocycles. The number of nitrogens with zero attached hydrogens (tertiary/aromatic N) is 3. The fourth-order valence-electron chi connectivity index (χ4n) is 3.10. The minimum absolute atomic E-state index is 0.197. The van der Waals surface area contributed by atoms with Gasteiger partial charge in [-0.3, -0.25) is 4.79 Å². The smallest absolute Gasteiger partial charge is 0.250 e. The van der Waals surface area contributed by atoms with Crippen molar-refractivity contribution in [1.82, 2.24) is 15.6 Å². The summed E-state index contributed by atoms with van der Waals surface area (Å²) in [5.41, 5.74) is 6.87. The van der Waals surface area contributed by atoms with Crippen LogP contribution in [0.15, 0.2) is 86.6 Å². The monoisotopic (exact) mass is 550 g/mol. The molecular formula is C27H26N4O3S3. The fourth-order valence-corrected chi connectivity index (χ4v) is 5.87. The summed E-state index contributed by atoms with van der Waals surface area (Å²) in [6.07, 6.45) is 1.57. The number of aryl methyl sites for hydroxylation is 1. The number of aromatic nitrogens is 2. The number of carbonyl (C=O) groups excluding carboxylic acids is 1. The van der Waals surface area contributed by atoms with Crippen molar-refractivity contribution in [1.29, 1.82) is 0 Å². The van der Waals surface area contributed by atoms with E-state index in [1.165, 1.54) is 34.2 Å². The second-order valence-electron chi connectivity index (χ2n) is 7.87. The summed E-state index contributed by atoms with van der Waals surface area (Å²) in [6, 6.07) is 23.8. The molecule has 190 valence electrons.